The van der Waals surface area contributed by atoms with Crippen LogP contribution in [0.4, 0.5) is 0 Å². The molecule has 0 spiro atoms. The lowest BCUT2D eigenvalue weighted by atomic mass is 10.0. The van der Waals surface area contributed by atoms with Gasteiger partial charge in [0.1, 0.15) is 17.5 Å². The summed E-state index contributed by atoms with van der Waals surface area (Å²) < 4.78 is 0. The number of fused-ring (bicyclic) bond motifs is 1. The predicted octanol–water partition coefficient (Wildman–Crippen LogP) is -1.14. The normalized spacial score (nSPS) is 33.3. The lowest BCUT2D eigenvalue weighted by Gasteiger charge is -2.43. The first kappa shape index (κ1) is 10.3. The van der Waals surface area contributed by atoms with Crippen LogP contribution >= 0.6 is 11.8 Å². The minimum atomic E-state index is -0.986. The molecule has 3 unspecified atom stereocenters. The van der Waals surface area contributed by atoms with Crippen LogP contribution in [0.3, 0.4) is 0 Å². The predicted molar refractivity (Wildman–Crippen MR) is 52.1 cm³/mol. The molecule has 0 aliphatic carbocycles. The molecule has 82 valence electrons. The van der Waals surface area contributed by atoms with Crippen LogP contribution in [0.25, 0.3) is 0 Å². The Labute approximate surface area is 90.0 Å². The van der Waals surface area contributed by atoms with Gasteiger partial charge in [-0.05, 0) is 0 Å². The Balaban J connectivity index is 2.06. The second kappa shape index (κ2) is 3.41. The zero-order chi connectivity index (χ0) is 11.2. The molecule has 2 amide bonds. The molecule has 2 N–H and O–H groups in total. The van der Waals surface area contributed by atoms with Gasteiger partial charge in [0.05, 0.1) is 0 Å². The average molecular weight is 230 g/mol. The zero-order valence-electron chi connectivity index (χ0n) is 7.97. The maximum absolute atomic E-state index is 11.5. The van der Waals surface area contributed by atoms with E-state index in [2.05, 4.69) is 5.32 Å². The monoisotopic (exact) mass is 230 g/mol. The molecular weight excluding hydrogens is 220 g/mol. The first-order valence-corrected chi connectivity index (χ1v) is 5.51. The smallest absolute Gasteiger partial charge is 0.327 e. The number of hydrogen-bond acceptors (Lipinski definition) is 4. The van der Waals surface area contributed by atoms with E-state index in [1.54, 1.807) is 0 Å². The minimum Gasteiger partial charge on any atom is -0.480 e. The van der Waals surface area contributed by atoms with Crippen LogP contribution in [0, 0.1) is 0 Å². The third-order valence-electron chi connectivity index (χ3n) is 2.48. The Kier molecular flexibility index (Phi) is 2.34. The summed E-state index contributed by atoms with van der Waals surface area (Å²) in [7, 11) is 0. The second-order valence-corrected chi connectivity index (χ2v) is 4.65. The van der Waals surface area contributed by atoms with Crippen molar-refractivity contribution in [3.63, 3.8) is 0 Å². The number of carbonyl (C=O) groups is 3. The highest BCUT2D eigenvalue weighted by Gasteiger charge is 2.57. The Morgan fingerprint density at radius 3 is 2.80 bits per heavy atom. The molecule has 0 saturated carbocycles. The molecule has 6 nitrogen and oxygen atoms in total. The van der Waals surface area contributed by atoms with Crippen molar-refractivity contribution in [3.8, 4) is 0 Å². The summed E-state index contributed by atoms with van der Waals surface area (Å²) in [5.74, 6) is -1.17. The molecule has 0 aromatic rings. The standard InChI is InChI=1S/C8H10N2O4S/c1-3(11)9-5-6(12)10-4(8(13)14)2-15-7(5)10/h4-5,7H,2H2,1H3,(H,9,11)(H,13,14). The van der Waals surface area contributed by atoms with Crippen LogP contribution in [0.1, 0.15) is 6.92 Å². The number of carboxylic acids is 1. The van der Waals surface area contributed by atoms with E-state index >= 15 is 0 Å². The molecule has 15 heavy (non-hydrogen) atoms. The number of carboxylic acid groups (broad SMARTS) is 1. The molecule has 2 heterocycles. The molecule has 3 atom stereocenters. The van der Waals surface area contributed by atoms with Gasteiger partial charge in [-0.1, -0.05) is 0 Å². The van der Waals surface area contributed by atoms with Gasteiger partial charge in [-0.3, -0.25) is 9.59 Å². The second-order valence-electron chi connectivity index (χ2n) is 3.50. The maximum Gasteiger partial charge on any atom is 0.327 e. The molecule has 0 aromatic carbocycles. The van der Waals surface area contributed by atoms with Crippen LogP contribution < -0.4 is 5.32 Å². The molecular formula is C8H10N2O4S. The lowest BCUT2D eigenvalue weighted by molar-refractivity contribution is -0.159. The number of nitrogens with zero attached hydrogens (tertiary/aromatic N) is 1. The van der Waals surface area contributed by atoms with Crippen molar-refractivity contribution < 1.29 is 19.5 Å². The summed E-state index contributed by atoms with van der Waals surface area (Å²) in [5.41, 5.74) is 0. The topological polar surface area (TPSA) is 86.7 Å². The average Bonchev–Trinajstić information content (AvgIpc) is 2.54. The number of amides is 2. The highest BCUT2D eigenvalue weighted by Crippen LogP contribution is 2.39. The molecule has 2 fully saturated rings. The Morgan fingerprint density at radius 2 is 2.27 bits per heavy atom. The minimum absolute atomic E-state index is 0.206. The van der Waals surface area contributed by atoms with E-state index in [9.17, 15) is 14.4 Å². The van der Waals surface area contributed by atoms with E-state index in [-0.39, 0.29) is 17.2 Å². The molecule has 0 aromatic heterocycles. The van der Waals surface area contributed by atoms with Crippen LogP contribution in [-0.2, 0) is 14.4 Å². The summed E-state index contributed by atoms with van der Waals surface area (Å²) in [6.45, 7) is 1.34. The van der Waals surface area contributed by atoms with Gasteiger partial charge >= 0.3 is 5.97 Å². The number of carbonyl (C=O) groups excluding carboxylic acids is 2. The van der Waals surface area contributed by atoms with Gasteiger partial charge in [-0.15, -0.1) is 11.8 Å². The number of β-lactam (4-membered cyclic amide) rings is 1. The fraction of sp³-hybridized carbons (Fsp3) is 0.625. The molecule has 0 radical (unpaired) electrons. The first-order chi connectivity index (χ1) is 7.02. The number of thioether (sulfide) groups is 1. The van der Waals surface area contributed by atoms with Crippen molar-refractivity contribution in [2.45, 2.75) is 24.4 Å². The van der Waals surface area contributed by atoms with Crippen molar-refractivity contribution in [1.82, 2.24) is 10.2 Å². The quantitative estimate of drug-likeness (QED) is 0.585. The summed E-state index contributed by atoms with van der Waals surface area (Å²) in [6, 6.07) is -1.28. The van der Waals surface area contributed by atoms with E-state index < -0.39 is 18.1 Å². The molecule has 7 heteroatoms. The van der Waals surface area contributed by atoms with E-state index in [4.69, 9.17) is 5.11 Å². The first-order valence-electron chi connectivity index (χ1n) is 4.46. The number of nitrogens with one attached hydrogen (secondary N) is 1. The third kappa shape index (κ3) is 1.46. The molecule has 2 rings (SSSR count). The summed E-state index contributed by atoms with van der Waals surface area (Å²) >= 11 is 1.39. The van der Waals surface area contributed by atoms with Gasteiger partial charge in [0.2, 0.25) is 11.8 Å². The van der Waals surface area contributed by atoms with Gasteiger partial charge in [-0.2, -0.15) is 0 Å². The van der Waals surface area contributed by atoms with Crippen molar-refractivity contribution in [3.05, 3.63) is 0 Å². The molecule has 2 aliphatic rings. The largest absolute Gasteiger partial charge is 0.480 e. The van der Waals surface area contributed by atoms with Gasteiger partial charge in [-0.25, -0.2) is 4.79 Å². The number of hydrogen-bond donors (Lipinski definition) is 2. The van der Waals surface area contributed by atoms with Crippen molar-refractivity contribution in [1.29, 1.82) is 0 Å². The van der Waals surface area contributed by atoms with Crippen LogP contribution in [-0.4, -0.2) is 51.0 Å². The fourth-order valence-electron chi connectivity index (χ4n) is 1.81. The van der Waals surface area contributed by atoms with Crippen molar-refractivity contribution in [2.75, 3.05) is 5.75 Å². The maximum atomic E-state index is 11.5. The van der Waals surface area contributed by atoms with Crippen LogP contribution in [0.15, 0.2) is 0 Å². The van der Waals surface area contributed by atoms with Crippen molar-refractivity contribution in [2.24, 2.45) is 0 Å². The van der Waals surface area contributed by atoms with Gasteiger partial charge in [0.15, 0.2) is 0 Å². The van der Waals surface area contributed by atoms with E-state index in [1.165, 1.54) is 23.6 Å². The highest BCUT2D eigenvalue weighted by molar-refractivity contribution is 8.00. The van der Waals surface area contributed by atoms with Crippen LogP contribution in [0.5, 0.6) is 0 Å². The summed E-state index contributed by atoms with van der Waals surface area (Å²) in [6.07, 6.45) is 0. The number of aliphatic carboxylic acids is 1. The highest BCUT2D eigenvalue weighted by atomic mass is 32.2. The molecule has 2 saturated heterocycles. The van der Waals surface area contributed by atoms with Crippen molar-refractivity contribution >= 4 is 29.5 Å². The van der Waals surface area contributed by atoms with Crippen LogP contribution in [0.2, 0.25) is 0 Å². The summed E-state index contributed by atoms with van der Waals surface area (Å²) in [4.78, 5) is 34.4. The number of rotatable bonds is 2. The third-order valence-corrected chi connectivity index (χ3v) is 3.83. The fourth-order valence-corrected chi connectivity index (χ4v) is 3.28. The lowest BCUT2D eigenvalue weighted by Crippen LogP contribution is -2.69. The SMILES string of the molecule is CC(=O)NC1C(=O)N2C(C(=O)O)CSC12. The van der Waals surface area contributed by atoms with Gasteiger partial charge in [0.25, 0.3) is 0 Å². The van der Waals surface area contributed by atoms with Gasteiger partial charge in [0, 0.05) is 12.7 Å². The zero-order valence-corrected chi connectivity index (χ0v) is 8.78. The molecule has 2 aliphatic heterocycles. The molecule has 0 bridgehead atoms. The Bertz CT molecular complexity index is 346. The summed E-state index contributed by atoms with van der Waals surface area (Å²) in [5, 5.41) is 11.1. The van der Waals surface area contributed by atoms with E-state index in [1.807, 2.05) is 0 Å². The van der Waals surface area contributed by atoms with E-state index in [0.717, 1.165) is 0 Å². The van der Waals surface area contributed by atoms with Gasteiger partial charge < -0.3 is 15.3 Å². The van der Waals surface area contributed by atoms with E-state index in [0.29, 0.717) is 5.75 Å². The Morgan fingerprint density at radius 1 is 1.60 bits per heavy atom. The Hall–Kier alpha value is -1.24.